The summed E-state index contributed by atoms with van der Waals surface area (Å²) in [6, 6.07) is -0.646. The molecule has 0 spiro atoms. The van der Waals surface area contributed by atoms with Crippen LogP contribution in [0.4, 0.5) is 0 Å². The molecule has 0 unspecified atom stereocenters. The van der Waals surface area contributed by atoms with E-state index in [2.05, 4.69) is 10.6 Å². The lowest BCUT2D eigenvalue weighted by molar-refractivity contribution is -0.225. The second-order valence-corrected chi connectivity index (χ2v) is 8.13. The molecule has 1 aliphatic carbocycles. The van der Waals surface area contributed by atoms with Crippen molar-refractivity contribution < 1.29 is 34.1 Å². The maximum atomic E-state index is 11.7. The topological polar surface area (TPSA) is 134 Å². The highest BCUT2D eigenvalue weighted by atomic mass is 16.6. The number of carbonyl (C=O) groups is 3. The molecule has 4 N–H and O–H groups in total. The Balaban J connectivity index is 1.38. The van der Waals surface area contributed by atoms with Gasteiger partial charge in [0.15, 0.2) is 5.78 Å². The second-order valence-electron chi connectivity index (χ2n) is 8.13. The van der Waals surface area contributed by atoms with Gasteiger partial charge < -0.3 is 30.3 Å². The third-order valence-corrected chi connectivity index (χ3v) is 6.04. The van der Waals surface area contributed by atoms with Crippen LogP contribution < -0.4 is 10.6 Å². The zero-order valence-electron chi connectivity index (χ0n) is 16.6. The van der Waals surface area contributed by atoms with Gasteiger partial charge in [-0.25, -0.2) is 0 Å². The molecule has 0 aromatic carbocycles. The molecule has 2 bridgehead atoms. The predicted molar refractivity (Wildman–Crippen MR) is 102 cm³/mol. The molecule has 2 aliphatic heterocycles. The average Bonchev–Trinajstić information content (AvgIpc) is 3.03. The molecular weight excluding hydrogens is 380 g/mol. The first kappa shape index (κ1) is 21.9. The van der Waals surface area contributed by atoms with Gasteiger partial charge in [-0.2, -0.15) is 0 Å². The van der Waals surface area contributed by atoms with Gasteiger partial charge in [0, 0.05) is 25.5 Å². The zero-order chi connectivity index (χ0) is 21.0. The Kier molecular flexibility index (Phi) is 7.05. The van der Waals surface area contributed by atoms with Gasteiger partial charge in [-0.1, -0.05) is 6.42 Å². The van der Waals surface area contributed by atoms with E-state index in [9.17, 15) is 24.6 Å². The van der Waals surface area contributed by atoms with Gasteiger partial charge in [-0.3, -0.25) is 14.4 Å². The number of allylic oxidation sites excluding steroid dienone is 1. The van der Waals surface area contributed by atoms with Crippen LogP contribution in [0.1, 0.15) is 39.0 Å². The van der Waals surface area contributed by atoms with Crippen molar-refractivity contribution in [1.82, 2.24) is 10.6 Å². The minimum absolute atomic E-state index is 0.00269. The van der Waals surface area contributed by atoms with Crippen LogP contribution in [0.2, 0.25) is 0 Å². The third kappa shape index (κ3) is 5.03. The van der Waals surface area contributed by atoms with Crippen LogP contribution in [0.5, 0.6) is 0 Å². The molecule has 1 saturated carbocycles. The van der Waals surface area contributed by atoms with Crippen molar-refractivity contribution in [3.8, 4) is 0 Å². The summed E-state index contributed by atoms with van der Waals surface area (Å²) in [5.74, 6) is -0.584. The molecule has 9 heteroatoms. The van der Waals surface area contributed by atoms with Crippen LogP contribution in [-0.2, 0) is 23.9 Å². The number of amides is 2. The number of hydrogen-bond donors (Lipinski definition) is 4. The van der Waals surface area contributed by atoms with Gasteiger partial charge in [0.2, 0.25) is 11.8 Å². The number of aliphatic hydroxyl groups is 2. The number of fused-ring (bicyclic) bond motifs is 2. The minimum atomic E-state index is -1.19. The van der Waals surface area contributed by atoms with E-state index in [4.69, 9.17) is 9.47 Å². The standard InChI is InChI=1S/C20H30N2O7/c1-12(23)22-17-15-7-8-20(29-15,19(27)18(17)26)11-28-10-9-21-16(25)6-5-14(24)13-3-2-4-13/h5-6,13,15,17-19,26-27H,2-4,7-11H2,1H3,(H,21,25)(H,22,23)/b6-5+/t15-,17-,18-,19-,20-/m1/s1. The number of hydrogen-bond acceptors (Lipinski definition) is 7. The van der Waals surface area contributed by atoms with Gasteiger partial charge in [0.05, 0.1) is 25.4 Å². The van der Waals surface area contributed by atoms with Crippen LogP contribution in [0.3, 0.4) is 0 Å². The fourth-order valence-electron chi connectivity index (χ4n) is 4.15. The van der Waals surface area contributed by atoms with Crippen LogP contribution in [-0.4, -0.2) is 77.5 Å². The number of rotatable bonds is 9. The first-order valence-electron chi connectivity index (χ1n) is 10.2. The van der Waals surface area contributed by atoms with Crippen molar-refractivity contribution in [3.05, 3.63) is 12.2 Å². The molecule has 162 valence electrons. The number of ketones is 1. The van der Waals surface area contributed by atoms with Gasteiger partial charge in [-0.05, 0) is 31.8 Å². The lowest BCUT2D eigenvalue weighted by atomic mass is 9.82. The summed E-state index contributed by atoms with van der Waals surface area (Å²) in [6.07, 6.45) is 3.84. The molecule has 29 heavy (non-hydrogen) atoms. The van der Waals surface area contributed by atoms with Crippen molar-refractivity contribution in [2.45, 2.75) is 69.0 Å². The summed E-state index contributed by atoms with van der Waals surface area (Å²) in [5, 5.41) is 26.2. The molecular formula is C20H30N2O7. The quantitative estimate of drug-likeness (QED) is 0.289. The Labute approximate surface area is 169 Å². The highest BCUT2D eigenvalue weighted by Crippen LogP contribution is 2.42. The van der Waals surface area contributed by atoms with Crippen LogP contribution >= 0.6 is 0 Å². The molecule has 2 heterocycles. The summed E-state index contributed by atoms with van der Waals surface area (Å²) in [6.45, 7) is 1.86. The van der Waals surface area contributed by atoms with E-state index in [0.29, 0.717) is 12.8 Å². The maximum Gasteiger partial charge on any atom is 0.244 e. The summed E-state index contributed by atoms with van der Waals surface area (Å²) in [4.78, 5) is 34.8. The zero-order valence-corrected chi connectivity index (χ0v) is 16.6. The molecule has 0 radical (unpaired) electrons. The van der Waals surface area contributed by atoms with Crippen molar-refractivity contribution in [3.63, 3.8) is 0 Å². The Morgan fingerprint density at radius 3 is 2.62 bits per heavy atom. The number of nitrogens with one attached hydrogen (secondary N) is 2. The Hall–Kier alpha value is -1.81. The average molecular weight is 410 g/mol. The minimum Gasteiger partial charge on any atom is -0.388 e. The maximum absolute atomic E-state index is 11.7. The number of ether oxygens (including phenoxy) is 2. The van der Waals surface area contributed by atoms with Gasteiger partial charge in [0.1, 0.15) is 17.8 Å². The highest BCUT2D eigenvalue weighted by Gasteiger charge is 2.58. The van der Waals surface area contributed by atoms with Crippen molar-refractivity contribution in [1.29, 1.82) is 0 Å². The van der Waals surface area contributed by atoms with E-state index in [1.807, 2.05) is 0 Å². The Morgan fingerprint density at radius 1 is 1.21 bits per heavy atom. The summed E-state index contributed by atoms with van der Waals surface area (Å²) in [7, 11) is 0. The first-order valence-corrected chi connectivity index (χ1v) is 10.2. The summed E-state index contributed by atoms with van der Waals surface area (Å²) in [5.41, 5.74) is -1.02. The van der Waals surface area contributed by atoms with Crippen LogP contribution in [0, 0.1) is 5.92 Å². The molecule has 2 saturated heterocycles. The monoisotopic (exact) mass is 410 g/mol. The SMILES string of the molecule is CC(=O)N[C@H]1[C@@H](O)[C@@H](O)[C@]2(COCCNC(=O)/C=C/C(=O)C3CCC3)CC[C@H]1O2. The smallest absolute Gasteiger partial charge is 0.244 e. The fourth-order valence-corrected chi connectivity index (χ4v) is 4.15. The Morgan fingerprint density at radius 2 is 1.97 bits per heavy atom. The number of carbonyl (C=O) groups excluding carboxylic acids is 3. The molecule has 3 fully saturated rings. The highest BCUT2D eigenvalue weighted by molar-refractivity contribution is 5.99. The van der Waals surface area contributed by atoms with Crippen molar-refractivity contribution in [2.75, 3.05) is 19.8 Å². The van der Waals surface area contributed by atoms with Gasteiger partial charge in [0.25, 0.3) is 0 Å². The molecule has 3 aliphatic rings. The summed E-state index contributed by atoms with van der Waals surface area (Å²) >= 11 is 0. The van der Waals surface area contributed by atoms with Crippen LogP contribution in [0.25, 0.3) is 0 Å². The van der Waals surface area contributed by atoms with E-state index >= 15 is 0 Å². The lowest BCUT2D eigenvalue weighted by Gasteiger charge is -2.44. The van der Waals surface area contributed by atoms with E-state index in [1.165, 1.54) is 19.1 Å². The molecule has 3 rings (SSSR count). The first-order chi connectivity index (χ1) is 13.8. The van der Waals surface area contributed by atoms with Gasteiger partial charge >= 0.3 is 0 Å². The molecule has 0 aromatic heterocycles. The van der Waals surface area contributed by atoms with E-state index in [-0.39, 0.29) is 49.4 Å². The van der Waals surface area contributed by atoms with Crippen molar-refractivity contribution in [2.24, 2.45) is 5.92 Å². The van der Waals surface area contributed by atoms with E-state index < -0.39 is 23.9 Å². The van der Waals surface area contributed by atoms with E-state index in [0.717, 1.165) is 19.3 Å². The Bertz CT molecular complexity index is 663. The largest absolute Gasteiger partial charge is 0.388 e. The van der Waals surface area contributed by atoms with Crippen LogP contribution in [0.15, 0.2) is 12.2 Å². The normalized spacial score (nSPS) is 34.0. The molecule has 0 aromatic rings. The van der Waals surface area contributed by atoms with E-state index in [1.54, 1.807) is 0 Å². The summed E-state index contributed by atoms with van der Waals surface area (Å²) < 4.78 is 11.5. The predicted octanol–water partition coefficient (Wildman–Crippen LogP) is -0.797. The molecule has 9 nitrogen and oxygen atoms in total. The molecule has 2 amide bonds. The second kappa shape index (κ2) is 9.34. The molecule has 5 atom stereocenters. The third-order valence-electron chi connectivity index (χ3n) is 6.04. The fraction of sp³-hybridized carbons (Fsp3) is 0.750. The van der Waals surface area contributed by atoms with Gasteiger partial charge in [-0.15, -0.1) is 0 Å². The lowest BCUT2D eigenvalue weighted by Crippen LogP contribution is -2.65. The number of aliphatic hydroxyl groups excluding tert-OH is 2. The van der Waals surface area contributed by atoms with Crippen molar-refractivity contribution >= 4 is 17.6 Å².